The molecule has 8 heteroatoms. The van der Waals surface area contributed by atoms with Crippen LogP contribution in [0.15, 0.2) is 12.7 Å². The lowest BCUT2D eigenvalue weighted by Crippen LogP contribution is -2.08. The Balaban J connectivity index is 2.07. The predicted octanol–water partition coefficient (Wildman–Crippen LogP) is 0.188. The van der Waals surface area contributed by atoms with Gasteiger partial charge < -0.3 is 15.8 Å². The van der Waals surface area contributed by atoms with Crippen LogP contribution in [0.5, 0.6) is 5.88 Å². The normalized spacial score (nSPS) is 10.2. The topological polar surface area (TPSA) is 115 Å². The molecule has 0 unspecified atom stereocenters. The first-order chi connectivity index (χ1) is 8.31. The van der Waals surface area contributed by atoms with Crippen molar-refractivity contribution in [2.24, 2.45) is 0 Å². The molecule has 0 spiro atoms. The molecule has 0 aliphatic carbocycles. The van der Waals surface area contributed by atoms with Crippen LogP contribution in [0.2, 0.25) is 0 Å². The molecule has 2 aromatic rings. The molecule has 8 nitrogen and oxygen atoms in total. The van der Waals surface area contributed by atoms with E-state index in [0.717, 1.165) is 0 Å². The van der Waals surface area contributed by atoms with E-state index in [0.29, 0.717) is 36.4 Å². The zero-order valence-electron chi connectivity index (χ0n) is 9.34. The number of nitrogen functional groups attached to an aromatic ring is 1. The number of H-pyrrole nitrogens is 1. The number of nitrogens with two attached hydrogens (primary N) is 1. The molecule has 0 amide bonds. The fraction of sp³-hybridized carbons (Fsp3) is 0.333. The van der Waals surface area contributed by atoms with E-state index in [1.807, 2.05) is 6.92 Å². The molecule has 17 heavy (non-hydrogen) atoms. The lowest BCUT2D eigenvalue weighted by Gasteiger charge is -2.09. The van der Waals surface area contributed by atoms with Gasteiger partial charge in [-0.3, -0.25) is 5.10 Å². The first-order valence-electron chi connectivity index (χ1n) is 5.12. The number of ether oxygens (including phenoxy) is 1. The first kappa shape index (κ1) is 11.1. The highest BCUT2D eigenvalue weighted by Crippen LogP contribution is 2.24. The Morgan fingerprint density at radius 3 is 2.94 bits per heavy atom. The molecule has 0 fully saturated rings. The van der Waals surface area contributed by atoms with Crippen molar-refractivity contribution in [3.63, 3.8) is 0 Å². The maximum Gasteiger partial charge on any atom is 0.242 e. The predicted molar refractivity (Wildman–Crippen MR) is 61.3 cm³/mol. The third kappa shape index (κ3) is 2.60. The largest absolute Gasteiger partial charge is 0.476 e. The minimum Gasteiger partial charge on any atom is -0.476 e. The lowest BCUT2D eigenvalue weighted by atomic mass is 10.4. The fourth-order valence-electron chi connectivity index (χ4n) is 1.26. The molecule has 2 aromatic heterocycles. The summed E-state index contributed by atoms with van der Waals surface area (Å²) >= 11 is 0. The summed E-state index contributed by atoms with van der Waals surface area (Å²) in [6.45, 7) is 2.82. The number of nitrogens with one attached hydrogen (secondary N) is 2. The molecule has 0 bridgehead atoms. The molecular weight excluding hydrogens is 222 g/mol. The number of aromatic nitrogens is 5. The maximum absolute atomic E-state index is 5.85. The van der Waals surface area contributed by atoms with Crippen molar-refractivity contribution in [2.45, 2.75) is 13.5 Å². The van der Waals surface area contributed by atoms with Crippen LogP contribution in [-0.4, -0.2) is 31.8 Å². The van der Waals surface area contributed by atoms with E-state index in [9.17, 15) is 0 Å². The molecule has 2 rings (SSSR count). The number of hydrogen-bond acceptors (Lipinski definition) is 7. The second kappa shape index (κ2) is 5.10. The van der Waals surface area contributed by atoms with Gasteiger partial charge in [-0.1, -0.05) is 0 Å². The second-order valence-corrected chi connectivity index (χ2v) is 3.16. The van der Waals surface area contributed by atoms with Crippen LogP contribution >= 0.6 is 0 Å². The molecular formula is C9H13N7O. The van der Waals surface area contributed by atoms with Gasteiger partial charge in [0.05, 0.1) is 13.2 Å². The van der Waals surface area contributed by atoms with Crippen LogP contribution in [0.25, 0.3) is 0 Å². The highest BCUT2D eigenvalue weighted by molar-refractivity contribution is 5.66. The highest BCUT2D eigenvalue weighted by Gasteiger charge is 2.08. The van der Waals surface area contributed by atoms with Crippen LogP contribution in [0.1, 0.15) is 12.7 Å². The smallest absolute Gasteiger partial charge is 0.242 e. The Labute approximate surface area is 97.6 Å². The van der Waals surface area contributed by atoms with Crippen molar-refractivity contribution in [1.82, 2.24) is 25.1 Å². The van der Waals surface area contributed by atoms with Gasteiger partial charge in [-0.05, 0) is 6.92 Å². The third-order valence-electron chi connectivity index (χ3n) is 2.02. The van der Waals surface area contributed by atoms with Crippen LogP contribution in [0.4, 0.5) is 11.5 Å². The summed E-state index contributed by atoms with van der Waals surface area (Å²) in [6, 6.07) is 0. The highest BCUT2D eigenvalue weighted by atomic mass is 16.5. The monoisotopic (exact) mass is 235 g/mol. The summed E-state index contributed by atoms with van der Waals surface area (Å²) < 4.78 is 5.26. The first-order valence-corrected chi connectivity index (χ1v) is 5.12. The van der Waals surface area contributed by atoms with Gasteiger partial charge in [-0.2, -0.15) is 10.1 Å². The van der Waals surface area contributed by atoms with Crippen molar-refractivity contribution < 1.29 is 4.74 Å². The molecule has 90 valence electrons. The maximum atomic E-state index is 5.85. The number of hydrogen-bond donors (Lipinski definition) is 3. The van der Waals surface area contributed by atoms with Crippen molar-refractivity contribution in [2.75, 3.05) is 17.7 Å². The number of rotatable bonds is 5. The van der Waals surface area contributed by atoms with Gasteiger partial charge in [0.15, 0.2) is 5.82 Å². The van der Waals surface area contributed by atoms with Gasteiger partial charge in [-0.25, -0.2) is 9.97 Å². The van der Waals surface area contributed by atoms with E-state index in [1.165, 1.54) is 12.7 Å². The van der Waals surface area contributed by atoms with Gasteiger partial charge in [0, 0.05) is 0 Å². The zero-order valence-corrected chi connectivity index (χ0v) is 9.34. The van der Waals surface area contributed by atoms with Crippen LogP contribution in [-0.2, 0) is 6.54 Å². The SMILES string of the molecule is CCOc1ncnc(NCc2ncn[nH]2)c1N. The minimum absolute atomic E-state index is 0.377. The van der Waals surface area contributed by atoms with Gasteiger partial charge in [-0.15, -0.1) is 0 Å². The summed E-state index contributed by atoms with van der Waals surface area (Å²) in [5, 5.41) is 9.49. The summed E-state index contributed by atoms with van der Waals surface area (Å²) in [5.74, 6) is 1.59. The molecule has 4 N–H and O–H groups in total. The summed E-state index contributed by atoms with van der Waals surface area (Å²) in [6.07, 6.45) is 2.83. The van der Waals surface area contributed by atoms with Crippen molar-refractivity contribution in [3.8, 4) is 5.88 Å². The van der Waals surface area contributed by atoms with E-state index < -0.39 is 0 Å². The molecule has 2 heterocycles. The molecule has 0 aromatic carbocycles. The number of nitrogens with zero attached hydrogens (tertiary/aromatic N) is 4. The van der Waals surface area contributed by atoms with Gasteiger partial charge in [0.2, 0.25) is 5.88 Å². The fourth-order valence-corrected chi connectivity index (χ4v) is 1.26. The molecule has 0 atom stereocenters. The molecule has 0 saturated heterocycles. The Hall–Kier alpha value is -2.38. The van der Waals surface area contributed by atoms with Gasteiger partial charge >= 0.3 is 0 Å². The summed E-state index contributed by atoms with van der Waals surface area (Å²) in [7, 11) is 0. The Morgan fingerprint density at radius 1 is 1.35 bits per heavy atom. The van der Waals surface area contributed by atoms with E-state index in [-0.39, 0.29) is 0 Å². The average molecular weight is 235 g/mol. The zero-order chi connectivity index (χ0) is 12.1. The molecule has 0 radical (unpaired) electrons. The minimum atomic E-state index is 0.377. The number of aromatic amines is 1. The quantitative estimate of drug-likeness (QED) is 0.677. The standard InChI is InChI=1S/C9H13N7O/c1-2-17-9-7(10)8(13-4-14-9)11-3-6-12-5-15-16-6/h4-5H,2-3,10H2,1H3,(H,11,13,14)(H,12,15,16). The molecule has 0 aliphatic heterocycles. The van der Waals surface area contributed by atoms with Crippen molar-refractivity contribution in [1.29, 1.82) is 0 Å². The van der Waals surface area contributed by atoms with E-state index in [4.69, 9.17) is 10.5 Å². The van der Waals surface area contributed by atoms with Crippen LogP contribution in [0.3, 0.4) is 0 Å². The second-order valence-electron chi connectivity index (χ2n) is 3.16. The lowest BCUT2D eigenvalue weighted by molar-refractivity contribution is 0.328. The van der Waals surface area contributed by atoms with Gasteiger partial charge in [0.25, 0.3) is 0 Å². The van der Waals surface area contributed by atoms with Crippen molar-refractivity contribution >= 4 is 11.5 Å². The Kier molecular flexibility index (Phi) is 3.34. The number of anilines is 2. The summed E-state index contributed by atoms with van der Waals surface area (Å²) in [4.78, 5) is 11.9. The molecule has 0 aliphatic rings. The Morgan fingerprint density at radius 2 is 2.24 bits per heavy atom. The summed E-state index contributed by atoms with van der Waals surface area (Å²) in [5.41, 5.74) is 6.23. The van der Waals surface area contributed by atoms with E-state index in [2.05, 4.69) is 30.5 Å². The van der Waals surface area contributed by atoms with E-state index in [1.54, 1.807) is 0 Å². The van der Waals surface area contributed by atoms with Gasteiger partial charge in [0.1, 0.15) is 24.2 Å². The average Bonchev–Trinajstić information content (AvgIpc) is 2.83. The Bertz CT molecular complexity index is 470. The third-order valence-corrected chi connectivity index (χ3v) is 2.02. The van der Waals surface area contributed by atoms with Crippen LogP contribution < -0.4 is 15.8 Å². The van der Waals surface area contributed by atoms with Crippen molar-refractivity contribution in [3.05, 3.63) is 18.5 Å². The molecule has 0 saturated carbocycles. The van der Waals surface area contributed by atoms with E-state index >= 15 is 0 Å². The van der Waals surface area contributed by atoms with Crippen LogP contribution in [0, 0.1) is 0 Å².